The van der Waals surface area contributed by atoms with Gasteiger partial charge in [-0.15, -0.1) is 0 Å². The zero-order chi connectivity index (χ0) is 6.97. The van der Waals surface area contributed by atoms with Crippen molar-refractivity contribution in [2.24, 2.45) is 0 Å². The van der Waals surface area contributed by atoms with E-state index in [9.17, 15) is 0 Å². The molecule has 0 spiro atoms. The van der Waals surface area contributed by atoms with E-state index in [1.165, 1.54) is 32.1 Å². The van der Waals surface area contributed by atoms with E-state index in [-0.39, 0.29) is 0 Å². The van der Waals surface area contributed by atoms with Crippen molar-refractivity contribution in [3.05, 3.63) is 0 Å². The fraction of sp³-hybridized carbons (Fsp3) is 1.00. The predicted octanol–water partition coefficient (Wildman–Crippen LogP) is 2.52. The molecule has 2 heterocycles. The summed E-state index contributed by atoms with van der Waals surface area (Å²) in [6.45, 7) is 0. The quantitative estimate of drug-likeness (QED) is 0.475. The second-order valence-electron chi connectivity index (χ2n) is 3.32. The molecule has 1 nitrogen and oxygen atoms in total. The lowest BCUT2D eigenvalue weighted by molar-refractivity contribution is -0.0755. The highest BCUT2D eigenvalue weighted by molar-refractivity contribution is 14.1. The standard InChI is InChI=1S/C8H13IO/c9-7-5-4-6-2-1-3-8(7)10-6/h6-8H,1-5H2/t6-,7+,8-/m1/s1. The average molecular weight is 252 g/mol. The molecule has 0 unspecified atom stereocenters. The topological polar surface area (TPSA) is 9.23 Å². The van der Waals surface area contributed by atoms with Crippen LogP contribution in [0.1, 0.15) is 32.1 Å². The SMILES string of the molecule is I[C@H]1CC[C@H]2CCC[C@H]1O2. The Bertz CT molecular complexity index is 124. The average Bonchev–Trinajstić information content (AvgIpc) is 1.99. The Labute approximate surface area is 75.7 Å². The number of halogens is 1. The number of fused-ring (bicyclic) bond motifs is 2. The third-order valence-electron chi connectivity index (χ3n) is 2.55. The lowest BCUT2D eigenvalue weighted by atomic mass is 9.92. The molecular formula is C8H13IO. The predicted molar refractivity (Wildman–Crippen MR) is 49.6 cm³/mol. The van der Waals surface area contributed by atoms with Crippen LogP contribution in [0.15, 0.2) is 0 Å². The number of hydrogen-bond donors (Lipinski definition) is 0. The van der Waals surface area contributed by atoms with Crippen molar-refractivity contribution in [1.29, 1.82) is 0 Å². The third-order valence-corrected chi connectivity index (χ3v) is 3.97. The van der Waals surface area contributed by atoms with E-state index in [2.05, 4.69) is 22.6 Å². The summed E-state index contributed by atoms with van der Waals surface area (Å²) >= 11 is 2.54. The number of hydrogen-bond acceptors (Lipinski definition) is 1. The zero-order valence-electron chi connectivity index (χ0n) is 6.05. The molecule has 2 heteroatoms. The minimum Gasteiger partial charge on any atom is -0.374 e. The number of ether oxygens (including phenoxy) is 1. The van der Waals surface area contributed by atoms with Crippen LogP contribution < -0.4 is 0 Å². The van der Waals surface area contributed by atoms with Gasteiger partial charge in [0.2, 0.25) is 0 Å². The molecule has 10 heavy (non-hydrogen) atoms. The van der Waals surface area contributed by atoms with E-state index >= 15 is 0 Å². The van der Waals surface area contributed by atoms with Crippen LogP contribution in [0, 0.1) is 0 Å². The van der Waals surface area contributed by atoms with Gasteiger partial charge in [0.15, 0.2) is 0 Å². The smallest absolute Gasteiger partial charge is 0.0696 e. The van der Waals surface area contributed by atoms with Crippen LogP contribution >= 0.6 is 22.6 Å². The Morgan fingerprint density at radius 2 is 2.00 bits per heavy atom. The first-order valence-electron chi connectivity index (χ1n) is 4.16. The molecular weight excluding hydrogens is 239 g/mol. The molecule has 2 rings (SSSR count). The van der Waals surface area contributed by atoms with E-state index in [4.69, 9.17) is 4.74 Å². The first kappa shape index (κ1) is 7.35. The maximum Gasteiger partial charge on any atom is 0.0696 e. The molecule has 0 amide bonds. The molecule has 58 valence electrons. The van der Waals surface area contributed by atoms with Crippen molar-refractivity contribution in [3.8, 4) is 0 Å². The highest BCUT2D eigenvalue weighted by atomic mass is 127. The molecule has 2 aliphatic rings. The summed E-state index contributed by atoms with van der Waals surface area (Å²) in [5.74, 6) is 0. The van der Waals surface area contributed by atoms with E-state index in [0.717, 1.165) is 3.92 Å². The summed E-state index contributed by atoms with van der Waals surface area (Å²) in [6.07, 6.45) is 7.96. The van der Waals surface area contributed by atoms with Crippen molar-refractivity contribution in [2.75, 3.05) is 0 Å². The van der Waals surface area contributed by atoms with Crippen molar-refractivity contribution < 1.29 is 4.74 Å². The van der Waals surface area contributed by atoms with Gasteiger partial charge in [-0.25, -0.2) is 0 Å². The van der Waals surface area contributed by atoms with Gasteiger partial charge in [-0.3, -0.25) is 0 Å². The van der Waals surface area contributed by atoms with Crippen LogP contribution in [0.4, 0.5) is 0 Å². The summed E-state index contributed by atoms with van der Waals surface area (Å²) < 4.78 is 6.63. The number of alkyl halides is 1. The molecule has 2 fully saturated rings. The summed E-state index contributed by atoms with van der Waals surface area (Å²) in [6, 6.07) is 0. The molecule has 2 saturated heterocycles. The first-order valence-corrected chi connectivity index (χ1v) is 5.40. The van der Waals surface area contributed by atoms with Gasteiger partial charge in [-0.2, -0.15) is 0 Å². The van der Waals surface area contributed by atoms with Crippen LogP contribution in [0.3, 0.4) is 0 Å². The Kier molecular flexibility index (Phi) is 2.18. The van der Waals surface area contributed by atoms with Crippen molar-refractivity contribution in [2.45, 2.75) is 48.2 Å². The van der Waals surface area contributed by atoms with Gasteiger partial charge in [0.1, 0.15) is 0 Å². The Balaban J connectivity index is 2.00. The molecule has 0 N–H and O–H groups in total. The van der Waals surface area contributed by atoms with Crippen LogP contribution in [0.25, 0.3) is 0 Å². The fourth-order valence-electron chi connectivity index (χ4n) is 1.94. The van der Waals surface area contributed by atoms with Crippen molar-refractivity contribution >= 4 is 22.6 Å². The Hall–Kier alpha value is 0.690. The fourth-order valence-corrected chi connectivity index (χ4v) is 2.83. The lowest BCUT2D eigenvalue weighted by Crippen LogP contribution is -2.38. The van der Waals surface area contributed by atoms with Gasteiger partial charge in [-0.05, 0) is 32.1 Å². The van der Waals surface area contributed by atoms with Gasteiger partial charge < -0.3 is 4.74 Å². The molecule has 3 atom stereocenters. The Morgan fingerprint density at radius 1 is 1.10 bits per heavy atom. The molecule has 2 aliphatic heterocycles. The minimum atomic E-state index is 0.605. The van der Waals surface area contributed by atoms with Crippen LogP contribution in [0.2, 0.25) is 0 Å². The molecule has 0 saturated carbocycles. The summed E-state index contributed by atoms with van der Waals surface area (Å²) in [7, 11) is 0. The Morgan fingerprint density at radius 3 is 2.80 bits per heavy atom. The maximum atomic E-state index is 5.83. The molecule has 0 aromatic rings. The van der Waals surface area contributed by atoms with Crippen molar-refractivity contribution in [3.63, 3.8) is 0 Å². The molecule has 0 aromatic carbocycles. The lowest BCUT2D eigenvalue weighted by Gasteiger charge is -2.38. The van der Waals surface area contributed by atoms with Gasteiger partial charge >= 0.3 is 0 Å². The largest absolute Gasteiger partial charge is 0.374 e. The first-order chi connectivity index (χ1) is 4.86. The second-order valence-corrected chi connectivity index (χ2v) is 4.92. The van der Waals surface area contributed by atoms with Crippen LogP contribution in [0.5, 0.6) is 0 Å². The van der Waals surface area contributed by atoms with Crippen LogP contribution in [-0.2, 0) is 4.74 Å². The molecule has 0 aliphatic carbocycles. The third kappa shape index (κ3) is 1.33. The normalized spacial score (nSPS) is 47.1. The highest BCUT2D eigenvalue weighted by Gasteiger charge is 2.32. The maximum absolute atomic E-state index is 5.83. The van der Waals surface area contributed by atoms with E-state index < -0.39 is 0 Å². The van der Waals surface area contributed by atoms with E-state index in [0.29, 0.717) is 12.2 Å². The highest BCUT2D eigenvalue weighted by Crippen LogP contribution is 2.34. The van der Waals surface area contributed by atoms with Gasteiger partial charge in [-0.1, -0.05) is 22.6 Å². The minimum absolute atomic E-state index is 0.605. The summed E-state index contributed by atoms with van der Waals surface area (Å²) in [5, 5.41) is 0. The van der Waals surface area contributed by atoms with Crippen molar-refractivity contribution in [1.82, 2.24) is 0 Å². The molecule has 0 aromatic heterocycles. The van der Waals surface area contributed by atoms with E-state index in [1.54, 1.807) is 0 Å². The van der Waals surface area contributed by atoms with E-state index in [1.807, 2.05) is 0 Å². The zero-order valence-corrected chi connectivity index (χ0v) is 8.21. The summed E-state index contributed by atoms with van der Waals surface area (Å²) in [5.41, 5.74) is 0. The van der Waals surface area contributed by atoms with Gasteiger partial charge in [0, 0.05) is 3.92 Å². The molecule has 0 radical (unpaired) electrons. The number of rotatable bonds is 0. The summed E-state index contributed by atoms with van der Waals surface area (Å²) in [4.78, 5) is 0. The van der Waals surface area contributed by atoms with Gasteiger partial charge in [0.25, 0.3) is 0 Å². The van der Waals surface area contributed by atoms with Gasteiger partial charge in [0.05, 0.1) is 12.2 Å². The monoisotopic (exact) mass is 252 g/mol. The molecule has 2 bridgehead atoms. The second kappa shape index (κ2) is 2.97. The van der Waals surface area contributed by atoms with Crippen LogP contribution in [-0.4, -0.2) is 16.1 Å².